The van der Waals surface area contributed by atoms with Gasteiger partial charge in [-0.1, -0.05) is 36.7 Å². The number of hydrogen-bond acceptors (Lipinski definition) is 1. The van der Waals surface area contributed by atoms with Gasteiger partial charge in [-0.2, -0.15) is 0 Å². The Morgan fingerprint density at radius 3 is 2.67 bits per heavy atom. The van der Waals surface area contributed by atoms with E-state index in [-0.39, 0.29) is 10.5 Å². The van der Waals surface area contributed by atoms with Gasteiger partial charge in [-0.25, -0.2) is 8.78 Å². The van der Waals surface area contributed by atoms with Crippen LogP contribution in [0.15, 0.2) is 40.9 Å². The number of rotatable bonds is 5. The molecule has 0 heterocycles. The highest BCUT2D eigenvalue weighted by Gasteiger charge is 2.19. The molecule has 0 aromatic heterocycles. The van der Waals surface area contributed by atoms with Crippen molar-refractivity contribution in [1.82, 2.24) is 5.32 Å². The minimum atomic E-state index is -0.860. The molecule has 0 spiro atoms. The summed E-state index contributed by atoms with van der Waals surface area (Å²) in [5.74, 6) is -1.72. The molecule has 1 unspecified atom stereocenters. The standard InChI is InChI=1S/C16H15BrClF2N/c1-2-21-14(9-10-4-3-5-11(18)8-10)12-6-7-13(19)16(20)15(12)17/h3-8,14,21H,2,9H2,1H3. The van der Waals surface area contributed by atoms with Gasteiger partial charge in [0.25, 0.3) is 0 Å². The normalized spacial score (nSPS) is 12.4. The van der Waals surface area contributed by atoms with Gasteiger partial charge in [0.15, 0.2) is 11.6 Å². The molecule has 5 heteroatoms. The second kappa shape index (κ2) is 7.34. The van der Waals surface area contributed by atoms with Gasteiger partial charge >= 0.3 is 0 Å². The minimum Gasteiger partial charge on any atom is -0.310 e. The first-order chi connectivity index (χ1) is 10.0. The van der Waals surface area contributed by atoms with Crippen LogP contribution >= 0.6 is 27.5 Å². The summed E-state index contributed by atoms with van der Waals surface area (Å²) >= 11 is 9.14. The van der Waals surface area contributed by atoms with Gasteiger partial charge in [0.1, 0.15) is 0 Å². The Hall–Kier alpha value is -0.970. The Morgan fingerprint density at radius 2 is 2.00 bits per heavy atom. The quantitative estimate of drug-likeness (QED) is 0.703. The molecule has 2 rings (SSSR count). The average molecular weight is 375 g/mol. The van der Waals surface area contributed by atoms with Crippen molar-refractivity contribution in [2.24, 2.45) is 0 Å². The molecule has 0 saturated heterocycles. The SMILES string of the molecule is CCNC(Cc1cccc(Cl)c1)c1ccc(F)c(F)c1Br. The van der Waals surface area contributed by atoms with Crippen LogP contribution in [0.25, 0.3) is 0 Å². The molecule has 0 bridgehead atoms. The van der Waals surface area contributed by atoms with Crippen LogP contribution in [0.5, 0.6) is 0 Å². The lowest BCUT2D eigenvalue weighted by atomic mass is 9.98. The molecule has 1 atom stereocenters. The number of hydrogen-bond donors (Lipinski definition) is 1. The Bertz CT molecular complexity index is 634. The first-order valence-corrected chi connectivity index (χ1v) is 7.81. The first kappa shape index (κ1) is 16.4. The maximum atomic E-state index is 13.7. The number of benzene rings is 2. The third-order valence-electron chi connectivity index (χ3n) is 3.22. The topological polar surface area (TPSA) is 12.0 Å². The van der Waals surface area contributed by atoms with Crippen molar-refractivity contribution < 1.29 is 8.78 Å². The van der Waals surface area contributed by atoms with Gasteiger partial charge in [-0.05, 0) is 58.2 Å². The number of likely N-dealkylation sites (N-methyl/N-ethyl adjacent to an activating group) is 1. The molecule has 0 radical (unpaired) electrons. The molecule has 2 aromatic carbocycles. The molecule has 21 heavy (non-hydrogen) atoms. The van der Waals surface area contributed by atoms with Crippen LogP contribution < -0.4 is 5.32 Å². The predicted octanol–water partition coefficient (Wildman–Crippen LogP) is 5.27. The van der Waals surface area contributed by atoms with E-state index in [0.717, 1.165) is 18.2 Å². The van der Waals surface area contributed by atoms with Crippen LogP contribution in [0, 0.1) is 11.6 Å². The van der Waals surface area contributed by atoms with Crippen LogP contribution in [0.2, 0.25) is 5.02 Å². The monoisotopic (exact) mass is 373 g/mol. The molecular weight excluding hydrogens is 360 g/mol. The third kappa shape index (κ3) is 4.02. The Labute approximate surface area is 136 Å². The zero-order chi connectivity index (χ0) is 15.4. The molecule has 1 nitrogen and oxygen atoms in total. The highest BCUT2D eigenvalue weighted by Crippen LogP contribution is 2.30. The molecule has 2 aromatic rings. The molecule has 0 fully saturated rings. The summed E-state index contributed by atoms with van der Waals surface area (Å²) in [5.41, 5.74) is 1.72. The second-order valence-corrected chi connectivity index (χ2v) is 5.94. The molecule has 112 valence electrons. The average Bonchev–Trinajstić information content (AvgIpc) is 2.45. The van der Waals surface area contributed by atoms with Crippen LogP contribution in [0.1, 0.15) is 24.1 Å². The van der Waals surface area contributed by atoms with E-state index in [9.17, 15) is 8.78 Å². The smallest absolute Gasteiger partial charge is 0.173 e. The Morgan fingerprint density at radius 1 is 1.24 bits per heavy atom. The predicted molar refractivity (Wildman–Crippen MR) is 85.6 cm³/mol. The molecule has 0 aliphatic carbocycles. The van der Waals surface area contributed by atoms with Crippen LogP contribution in [0.3, 0.4) is 0 Å². The zero-order valence-corrected chi connectivity index (χ0v) is 13.8. The Kier molecular flexibility index (Phi) is 5.73. The zero-order valence-electron chi connectivity index (χ0n) is 11.5. The van der Waals surface area contributed by atoms with Crippen LogP contribution in [-0.4, -0.2) is 6.54 Å². The van der Waals surface area contributed by atoms with Gasteiger partial charge in [0, 0.05) is 11.1 Å². The lowest BCUT2D eigenvalue weighted by molar-refractivity contribution is 0.491. The molecule has 0 saturated carbocycles. The minimum absolute atomic E-state index is 0.127. The molecule has 0 amide bonds. The van der Waals surface area contributed by atoms with E-state index >= 15 is 0 Å². The summed E-state index contributed by atoms with van der Waals surface area (Å²) in [7, 11) is 0. The van der Waals surface area contributed by atoms with Gasteiger partial charge in [0.2, 0.25) is 0 Å². The van der Waals surface area contributed by atoms with Gasteiger partial charge in [-0.15, -0.1) is 0 Å². The van der Waals surface area contributed by atoms with E-state index in [1.807, 2.05) is 25.1 Å². The van der Waals surface area contributed by atoms with Crippen molar-refractivity contribution in [3.05, 3.63) is 68.7 Å². The van der Waals surface area contributed by atoms with Crippen molar-refractivity contribution in [1.29, 1.82) is 0 Å². The third-order valence-corrected chi connectivity index (χ3v) is 4.26. The van der Waals surface area contributed by atoms with Crippen LogP contribution in [0.4, 0.5) is 8.78 Å². The summed E-state index contributed by atoms with van der Waals surface area (Å²) in [6.45, 7) is 2.69. The van der Waals surface area contributed by atoms with Gasteiger partial charge in [0.05, 0.1) is 4.47 Å². The second-order valence-electron chi connectivity index (χ2n) is 4.71. The van der Waals surface area contributed by atoms with Crippen molar-refractivity contribution in [3.8, 4) is 0 Å². The van der Waals surface area contributed by atoms with Crippen molar-refractivity contribution in [2.75, 3.05) is 6.54 Å². The maximum absolute atomic E-state index is 13.7. The van der Waals surface area contributed by atoms with Gasteiger partial charge in [-0.3, -0.25) is 0 Å². The molecule has 1 N–H and O–H groups in total. The fraction of sp³-hybridized carbons (Fsp3) is 0.250. The van der Waals surface area contributed by atoms with Gasteiger partial charge < -0.3 is 5.32 Å². The van der Waals surface area contributed by atoms with E-state index in [1.54, 1.807) is 12.1 Å². The highest BCUT2D eigenvalue weighted by atomic mass is 79.9. The van der Waals surface area contributed by atoms with Crippen molar-refractivity contribution >= 4 is 27.5 Å². The molecule has 0 aliphatic heterocycles. The highest BCUT2D eigenvalue weighted by molar-refractivity contribution is 9.10. The fourth-order valence-electron chi connectivity index (χ4n) is 2.25. The van der Waals surface area contributed by atoms with E-state index in [1.165, 1.54) is 0 Å². The summed E-state index contributed by atoms with van der Waals surface area (Å²) in [4.78, 5) is 0. The maximum Gasteiger partial charge on any atom is 0.173 e. The van der Waals surface area contributed by atoms with E-state index in [4.69, 9.17) is 11.6 Å². The lowest BCUT2D eigenvalue weighted by Gasteiger charge is -2.20. The number of halogens is 4. The van der Waals surface area contributed by atoms with Crippen molar-refractivity contribution in [2.45, 2.75) is 19.4 Å². The lowest BCUT2D eigenvalue weighted by Crippen LogP contribution is -2.23. The van der Waals surface area contributed by atoms with E-state index in [0.29, 0.717) is 17.0 Å². The van der Waals surface area contributed by atoms with Crippen molar-refractivity contribution in [3.63, 3.8) is 0 Å². The molecular formula is C16H15BrClF2N. The Balaban J connectivity index is 2.33. The first-order valence-electron chi connectivity index (χ1n) is 6.64. The number of nitrogens with one attached hydrogen (secondary N) is 1. The van der Waals surface area contributed by atoms with E-state index < -0.39 is 11.6 Å². The van der Waals surface area contributed by atoms with E-state index in [2.05, 4.69) is 21.2 Å². The van der Waals surface area contributed by atoms with Crippen LogP contribution in [-0.2, 0) is 6.42 Å². The fourth-order valence-corrected chi connectivity index (χ4v) is 3.06. The molecule has 0 aliphatic rings. The summed E-state index contributed by atoms with van der Waals surface area (Å²) < 4.78 is 27.1. The summed E-state index contributed by atoms with van der Waals surface area (Å²) in [5, 5.41) is 3.95. The summed E-state index contributed by atoms with van der Waals surface area (Å²) in [6.07, 6.45) is 0.637. The largest absolute Gasteiger partial charge is 0.310 e. The summed E-state index contributed by atoms with van der Waals surface area (Å²) in [6, 6.07) is 10.1.